The van der Waals surface area contributed by atoms with Crippen molar-refractivity contribution < 1.29 is 4.79 Å². The van der Waals surface area contributed by atoms with Crippen molar-refractivity contribution in [2.45, 2.75) is 45.2 Å². The first-order chi connectivity index (χ1) is 8.61. The van der Waals surface area contributed by atoms with Crippen LogP contribution in [0.5, 0.6) is 0 Å². The minimum absolute atomic E-state index is 0.0645. The molecule has 4 nitrogen and oxygen atoms in total. The van der Waals surface area contributed by atoms with Gasteiger partial charge in [-0.2, -0.15) is 0 Å². The van der Waals surface area contributed by atoms with Crippen LogP contribution in [0.1, 0.15) is 33.1 Å². The normalized spacial score (nSPS) is 34.6. The average Bonchev–Trinajstić information content (AvgIpc) is 2.38. The number of hydrogen-bond donors (Lipinski definition) is 1. The largest absolute Gasteiger partial charge is 0.338 e. The number of piperidine rings is 1. The van der Waals surface area contributed by atoms with Crippen molar-refractivity contribution in [3.8, 4) is 0 Å². The predicted octanol–water partition coefficient (Wildman–Crippen LogP) is 0.927. The summed E-state index contributed by atoms with van der Waals surface area (Å²) in [6.45, 7) is 8.24. The summed E-state index contributed by atoms with van der Waals surface area (Å²) in [4.78, 5) is 17.0. The molecule has 0 saturated carbocycles. The van der Waals surface area contributed by atoms with Gasteiger partial charge in [0.2, 0.25) is 5.91 Å². The van der Waals surface area contributed by atoms with Crippen molar-refractivity contribution in [3.63, 3.8) is 0 Å². The highest BCUT2D eigenvalue weighted by molar-refractivity contribution is 5.82. The van der Waals surface area contributed by atoms with Gasteiger partial charge in [0.1, 0.15) is 0 Å². The predicted molar refractivity (Wildman–Crippen MR) is 73.5 cm³/mol. The van der Waals surface area contributed by atoms with Gasteiger partial charge >= 0.3 is 0 Å². The Morgan fingerprint density at radius 2 is 2.17 bits per heavy atom. The Kier molecular flexibility index (Phi) is 4.62. The molecule has 2 aliphatic rings. The lowest BCUT2D eigenvalue weighted by Gasteiger charge is -2.41. The number of rotatable bonds is 2. The first-order valence-corrected chi connectivity index (χ1v) is 7.34. The molecule has 0 spiro atoms. The van der Waals surface area contributed by atoms with Crippen LogP contribution in [0.15, 0.2) is 0 Å². The summed E-state index contributed by atoms with van der Waals surface area (Å²) < 4.78 is 0. The SMILES string of the molecule is CCC1CN(C(=O)C2CC(C)CCN2)CCN1C. The van der Waals surface area contributed by atoms with Crippen molar-refractivity contribution in [1.82, 2.24) is 15.1 Å². The number of likely N-dealkylation sites (N-methyl/N-ethyl adjacent to an activating group) is 1. The van der Waals surface area contributed by atoms with E-state index in [4.69, 9.17) is 0 Å². The number of carbonyl (C=O) groups is 1. The van der Waals surface area contributed by atoms with Crippen LogP contribution in [0.25, 0.3) is 0 Å². The summed E-state index contributed by atoms with van der Waals surface area (Å²) in [6, 6.07) is 0.596. The third kappa shape index (κ3) is 3.04. The number of amides is 1. The summed E-state index contributed by atoms with van der Waals surface area (Å²) in [7, 11) is 2.16. The van der Waals surface area contributed by atoms with E-state index in [0.717, 1.165) is 39.0 Å². The fourth-order valence-corrected chi connectivity index (χ4v) is 3.10. The molecule has 3 atom stereocenters. The third-order valence-electron chi connectivity index (χ3n) is 4.52. The zero-order chi connectivity index (χ0) is 13.1. The molecule has 2 heterocycles. The molecular formula is C14H27N3O. The van der Waals surface area contributed by atoms with Crippen LogP contribution in [0.2, 0.25) is 0 Å². The smallest absolute Gasteiger partial charge is 0.239 e. The maximum absolute atomic E-state index is 12.5. The van der Waals surface area contributed by atoms with Gasteiger partial charge in [0.25, 0.3) is 0 Å². The highest BCUT2D eigenvalue weighted by Gasteiger charge is 2.32. The summed E-state index contributed by atoms with van der Waals surface area (Å²) in [6.07, 6.45) is 3.32. The van der Waals surface area contributed by atoms with E-state index in [0.29, 0.717) is 17.9 Å². The Bertz CT molecular complexity index is 295. The highest BCUT2D eigenvalue weighted by atomic mass is 16.2. The van der Waals surface area contributed by atoms with E-state index in [-0.39, 0.29) is 6.04 Å². The molecule has 1 amide bonds. The quantitative estimate of drug-likeness (QED) is 0.795. The molecule has 2 aliphatic heterocycles. The summed E-state index contributed by atoms with van der Waals surface area (Å²) in [5, 5.41) is 3.39. The fourth-order valence-electron chi connectivity index (χ4n) is 3.10. The van der Waals surface area contributed by atoms with Crippen LogP contribution >= 0.6 is 0 Å². The lowest BCUT2D eigenvalue weighted by Crippen LogP contribution is -2.58. The van der Waals surface area contributed by atoms with E-state index < -0.39 is 0 Å². The second-order valence-electron chi connectivity index (χ2n) is 5.96. The first kappa shape index (κ1) is 13.8. The molecule has 1 N–H and O–H groups in total. The van der Waals surface area contributed by atoms with Crippen molar-refractivity contribution in [2.75, 3.05) is 33.2 Å². The number of carbonyl (C=O) groups excluding carboxylic acids is 1. The van der Waals surface area contributed by atoms with E-state index in [1.807, 2.05) is 0 Å². The van der Waals surface area contributed by atoms with E-state index in [2.05, 4.69) is 36.0 Å². The lowest BCUT2D eigenvalue weighted by atomic mass is 9.93. The Morgan fingerprint density at radius 1 is 1.39 bits per heavy atom. The van der Waals surface area contributed by atoms with E-state index in [1.165, 1.54) is 6.42 Å². The van der Waals surface area contributed by atoms with Crippen LogP contribution in [0.4, 0.5) is 0 Å². The van der Waals surface area contributed by atoms with E-state index in [9.17, 15) is 4.79 Å². The number of nitrogens with zero attached hydrogens (tertiary/aromatic N) is 2. The summed E-state index contributed by atoms with van der Waals surface area (Å²) >= 11 is 0. The molecule has 4 heteroatoms. The summed E-state index contributed by atoms with van der Waals surface area (Å²) in [5.41, 5.74) is 0. The highest BCUT2D eigenvalue weighted by Crippen LogP contribution is 2.18. The molecule has 0 bridgehead atoms. The van der Waals surface area contributed by atoms with Crippen LogP contribution in [-0.4, -0.2) is 61.0 Å². The maximum Gasteiger partial charge on any atom is 0.239 e. The van der Waals surface area contributed by atoms with Crippen molar-refractivity contribution in [1.29, 1.82) is 0 Å². The molecule has 0 aromatic carbocycles. The van der Waals surface area contributed by atoms with Gasteiger partial charge in [-0.05, 0) is 38.8 Å². The minimum Gasteiger partial charge on any atom is -0.338 e. The van der Waals surface area contributed by atoms with Crippen molar-refractivity contribution in [2.24, 2.45) is 5.92 Å². The molecule has 0 radical (unpaired) electrons. The molecule has 104 valence electrons. The zero-order valence-corrected chi connectivity index (χ0v) is 12.0. The molecule has 0 aromatic heterocycles. The summed E-state index contributed by atoms with van der Waals surface area (Å²) in [5.74, 6) is 1.00. The van der Waals surface area contributed by atoms with E-state index in [1.54, 1.807) is 0 Å². The second kappa shape index (κ2) is 6.02. The standard InChI is InChI=1S/C14H27N3O/c1-4-12-10-17(8-7-16(12)3)14(18)13-9-11(2)5-6-15-13/h11-13,15H,4-10H2,1-3H3. The van der Waals surface area contributed by atoms with Gasteiger partial charge in [0.05, 0.1) is 6.04 Å². The van der Waals surface area contributed by atoms with Gasteiger partial charge in [-0.25, -0.2) is 0 Å². The Labute approximate surface area is 111 Å². The third-order valence-corrected chi connectivity index (χ3v) is 4.52. The number of piperazine rings is 1. The van der Waals surface area contributed by atoms with Gasteiger partial charge in [-0.1, -0.05) is 13.8 Å². The molecule has 2 fully saturated rings. The topological polar surface area (TPSA) is 35.6 Å². The van der Waals surface area contributed by atoms with Gasteiger partial charge in [0.15, 0.2) is 0 Å². The maximum atomic E-state index is 12.5. The molecule has 18 heavy (non-hydrogen) atoms. The molecule has 0 aliphatic carbocycles. The van der Waals surface area contributed by atoms with Crippen LogP contribution < -0.4 is 5.32 Å². The molecule has 0 aromatic rings. The molecule has 2 saturated heterocycles. The van der Waals surface area contributed by atoms with Gasteiger partial charge in [-0.3, -0.25) is 9.69 Å². The lowest BCUT2D eigenvalue weighted by molar-refractivity contribution is -0.137. The average molecular weight is 253 g/mol. The van der Waals surface area contributed by atoms with Gasteiger partial charge < -0.3 is 10.2 Å². The number of hydrogen-bond acceptors (Lipinski definition) is 3. The first-order valence-electron chi connectivity index (χ1n) is 7.34. The van der Waals surface area contributed by atoms with E-state index >= 15 is 0 Å². The zero-order valence-electron chi connectivity index (χ0n) is 12.0. The number of nitrogens with one attached hydrogen (secondary N) is 1. The van der Waals surface area contributed by atoms with Crippen LogP contribution in [-0.2, 0) is 4.79 Å². The van der Waals surface area contributed by atoms with Gasteiger partial charge in [-0.15, -0.1) is 0 Å². The Balaban J connectivity index is 1.92. The second-order valence-corrected chi connectivity index (χ2v) is 5.96. The Morgan fingerprint density at radius 3 is 2.83 bits per heavy atom. The Hall–Kier alpha value is -0.610. The monoisotopic (exact) mass is 253 g/mol. The van der Waals surface area contributed by atoms with Crippen LogP contribution in [0, 0.1) is 5.92 Å². The minimum atomic E-state index is 0.0645. The van der Waals surface area contributed by atoms with Crippen molar-refractivity contribution in [3.05, 3.63) is 0 Å². The molecule has 3 unspecified atom stereocenters. The fraction of sp³-hybridized carbons (Fsp3) is 0.929. The van der Waals surface area contributed by atoms with Gasteiger partial charge in [0, 0.05) is 25.7 Å². The van der Waals surface area contributed by atoms with Crippen molar-refractivity contribution >= 4 is 5.91 Å². The van der Waals surface area contributed by atoms with Crippen LogP contribution in [0.3, 0.4) is 0 Å². The molecular weight excluding hydrogens is 226 g/mol. The molecule has 2 rings (SSSR count).